The molecule has 0 bridgehead atoms. The van der Waals surface area contributed by atoms with Crippen LogP contribution in [0.5, 0.6) is 11.5 Å². The van der Waals surface area contributed by atoms with E-state index in [2.05, 4.69) is 191 Å². The van der Waals surface area contributed by atoms with Crippen LogP contribution in [0.25, 0.3) is 44.5 Å². The molecule has 5 heteroatoms. The molecule has 256 valence electrons. The summed E-state index contributed by atoms with van der Waals surface area (Å²) in [5.74, 6) is 4.08. The standard InChI is InChI=1S/C50H32N4O/c1-49(2)37-20-9-18-34-30-14-4-5-15-31(30)35-25-26-42-44-46(35)54(45(34)37)48-38(49)21-12-28-52(48)50(44)43-40(23-10-24-41(43)55-42)53-39-22-8-7-17-33(39)29-13-3-6-16-32(29)36-19-11-27-51(50)47(36)53/h3-28H,1-2H3/q+2. The van der Waals surface area contributed by atoms with Crippen molar-refractivity contribution in [3.8, 4) is 56.0 Å². The van der Waals surface area contributed by atoms with Crippen LogP contribution in [0.15, 0.2) is 158 Å². The minimum absolute atomic E-state index is 0.282. The van der Waals surface area contributed by atoms with E-state index in [1.807, 2.05) is 0 Å². The highest BCUT2D eigenvalue weighted by atomic mass is 16.5. The summed E-state index contributed by atoms with van der Waals surface area (Å²) in [5, 5.41) is 0. The lowest BCUT2D eigenvalue weighted by atomic mass is 9.71. The zero-order chi connectivity index (χ0) is 35.9. The van der Waals surface area contributed by atoms with Crippen LogP contribution in [0.1, 0.15) is 36.1 Å². The van der Waals surface area contributed by atoms with Crippen molar-refractivity contribution in [1.29, 1.82) is 0 Å². The lowest BCUT2D eigenvalue weighted by Gasteiger charge is -2.48. The fraction of sp³-hybridized carbons (Fsp3) is 0.0800. The second-order valence-electron chi connectivity index (χ2n) is 16.1. The topological polar surface area (TPSA) is 23.5 Å². The van der Waals surface area contributed by atoms with Crippen molar-refractivity contribution in [3.63, 3.8) is 0 Å². The Morgan fingerprint density at radius 2 is 0.982 bits per heavy atom. The number of rotatable bonds is 0. The highest BCUT2D eigenvalue weighted by Gasteiger charge is 2.69. The lowest BCUT2D eigenvalue weighted by Crippen LogP contribution is -2.79. The third-order valence-corrected chi connectivity index (χ3v) is 13.3. The third kappa shape index (κ3) is 2.97. The van der Waals surface area contributed by atoms with Crippen molar-refractivity contribution in [2.24, 2.45) is 0 Å². The van der Waals surface area contributed by atoms with Gasteiger partial charge in [-0.25, -0.2) is 0 Å². The van der Waals surface area contributed by atoms with E-state index in [1.165, 1.54) is 72.8 Å². The quantitative estimate of drug-likeness (QED) is 0.147. The fourth-order valence-corrected chi connectivity index (χ4v) is 11.2. The third-order valence-electron chi connectivity index (χ3n) is 13.3. The van der Waals surface area contributed by atoms with Gasteiger partial charge in [-0.05, 0) is 76.9 Å². The molecule has 8 aromatic rings. The number of ether oxygens (including phenoxy) is 1. The normalized spacial score (nSPS) is 17.9. The Bertz CT molecular complexity index is 3140. The largest absolute Gasteiger partial charge is 0.456 e. The molecule has 0 saturated carbocycles. The van der Waals surface area contributed by atoms with Crippen LogP contribution in [-0.2, 0) is 11.1 Å². The molecule has 0 amide bonds. The first-order valence-electron chi connectivity index (χ1n) is 19.2. The molecule has 6 aromatic carbocycles. The van der Waals surface area contributed by atoms with Crippen LogP contribution < -0.4 is 23.7 Å². The first-order valence-corrected chi connectivity index (χ1v) is 19.2. The summed E-state index contributed by atoms with van der Waals surface area (Å²) in [6, 6.07) is 54.0. The number of fused-ring (bicyclic) bond motifs is 9. The number of benzene rings is 6. The Balaban J connectivity index is 1.25. The predicted molar refractivity (Wildman–Crippen MR) is 215 cm³/mol. The number of para-hydroxylation sites is 2. The minimum atomic E-state index is -0.843. The summed E-state index contributed by atoms with van der Waals surface area (Å²) in [5.41, 5.74) is 18.3. The fourth-order valence-electron chi connectivity index (χ4n) is 11.2. The van der Waals surface area contributed by atoms with Gasteiger partial charge in [0.25, 0.3) is 11.6 Å². The van der Waals surface area contributed by atoms with Gasteiger partial charge in [-0.3, -0.25) is 0 Å². The van der Waals surface area contributed by atoms with Gasteiger partial charge >= 0.3 is 5.66 Å². The van der Waals surface area contributed by atoms with Crippen LogP contribution in [0.3, 0.4) is 0 Å². The number of hydrogen-bond acceptors (Lipinski definition) is 3. The Labute approximate surface area is 318 Å². The van der Waals surface area contributed by atoms with Gasteiger partial charge in [0.05, 0.1) is 23.5 Å². The molecule has 55 heavy (non-hydrogen) atoms. The average Bonchev–Trinajstić information content (AvgIpc) is 3.44. The Hall–Kier alpha value is -6.98. The molecule has 0 saturated heterocycles. The summed E-state index contributed by atoms with van der Waals surface area (Å²) in [7, 11) is 0. The molecule has 2 aromatic heterocycles. The van der Waals surface area contributed by atoms with Gasteiger partial charge in [0.15, 0.2) is 5.69 Å². The highest BCUT2D eigenvalue weighted by Crippen LogP contribution is 2.67. The lowest BCUT2D eigenvalue weighted by molar-refractivity contribution is -0.962. The van der Waals surface area contributed by atoms with Crippen molar-refractivity contribution in [1.82, 2.24) is 0 Å². The molecule has 6 aliphatic rings. The van der Waals surface area contributed by atoms with Gasteiger partial charge in [0.2, 0.25) is 0 Å². The summed E-state index contributed by atoms with van der Waals surface area (Å²) in [6.45, 7) is 4.80. The van der Waals surface area contributed by atoms with E-state index in [9.17, 15) is 0 Å². The van der Waals surface area contributed by atoms with Crippen molar-refractivity contribution >= 4 is 34.4 Å². The molecule has 5 nitrogen and oxygen atoms in total. The van der Waals surface area contributed by atoms with Crippen LogP contribution in [-0.4, -0.2) is 0 Å². The van der Waals surface area contributed by atoms with Crippen molar-refractivity contribution in [2.45, 2.75) is 24.9 Å². The Kier molecular flexibility index (Phi) is 4.77. The summed E-state index contributed by atoms with van der Waals surface area (Å²) in [6.07, 6.45) is 4.64. The second-order valence-corrected chi connectivity index (χ2v) is 16.1. The number of aromatic nitrogens is 2. The van der Waals surface area contributed by atoms with Crippen LogP contribution >= 0.6 is 0 Å². The van der Waals surface area contributed by atoms with Crippen LogP contribution in [0.4, 0.5) is 34.4 Å². The first kappa shape index (κ1) is 28.5. The second kappa shape index (κ2) is 9.20. The minimum Gasteiger partial charge on any atom is -0.456 e. The summed E-state index contributed by atoms with van der Waals surface area (Å²) < 4.78 is 12.4. The molecular weight excluding hydrogens is 673 g/mol. The van der Waals surface area contributed by atoms with E-state index in [1.54, 1.807) is 0 Å². The number of hydrogen-bond donors (Lipinski definition) is 0. The summed E-state index contributed by atoms with van der Waals surface area (Å²) in [4.78, 5) is 5.10. The monoisotopic (exact) mass is 704 g/mol. The molecule has 1 unspecified atom stereocenters. The Morgan fingerprint density at radius 3 is 1.78 bits per heavy atom. The van der Waals surface area contributed by atoms with Crippen molar-refractivity contribution in [2.75, 3.05) is 9.80 Å². The van der Waals surface area contributed by atoms with E-state index in [0.717, 1.165) is 39.8 Å². The van der Waals surface area contributed by atoms with Gasteiger partial charge in [0.1, 0.15) is 39.7 Å². The van der Waals surface area contributed by atoms with Gasteiger partial charge in [-0.1, -0.05) is 105 Å². The zero-order valence-electron chi connectivity index (χ0n) is 30.2. The van der Waals surface area contributed by atoms with E-state index < -0.39 is 5.66 Å². The molecule has 14 rings (SSSR count). The Morgan fingerprint density at radius 1 is 0.418 bits per heavy atom. The molecule has 0 N–H and O–H groups in total. The number of anilines is 6. The van der Waals surface area contributed by atoms with Gasteiger partial charge in [0, 0.05) is 27.7 Å². The number of nitrogens with zero attached hydrogens (tertiary/aromatic N) is 4. The highest BCUT2D eigenvalue weighted by molar-refractivity contribution is 6.08. The molecule has 0 fully saturated rings. The van der Waals surface area contributed by atoms with Gasteiger partial charge in [-0.2, -0.15) is 18.9 Å². The van der Waals surface area contributed by atoms with E-state index in [-0.39, 0.29) is 5.41 Å². The molecule has 6 aliphatic heterocycles. The van der Waals surface area contributed by atoms with Gasteiger partial charge in [-0.15, -0.1) is 0 Å². The number of pyridine rings is 2. The maximum atomic E-state index is 7.21. The van der Waals surface area contributed by atoms with Crippen molar-refractivity contribution < 1.29 is 13.9 Å². The van der Waals surface area contributed by atoms with E-state index >= 15 is 0 Å². The first-order chi connectivity index (χ1) is 27.1. The molecule has 0 aliphatic carbocycles. The SMILES string of the molecule is CC1(C)c2cccc3c2N2c4c(ccc5c4C4(c6c(cccc6N6c7ccccc7-c7ccccc7-c7ccc[n+]4c76)O5)[n+]4cccc1c42)-c1ccccc1-3. The van der Waals surface area contributed by atoms with E-state index in [4.69, 9.17) is 4.74 Å². The smallest absolute Gasteiger partial charge is 0.321 e. The molecule has 0 radical (unpaired) electrons. The van der Waals surface area contributed by atoms with Crippen LogP contribution in [0.2, 0.25) is 0 Å². The maximum Gasteiger partial charge on any atom is 0.321 e. The molecule has 1 spiro atoms. The predicted octanol–water partition coefficient (Wildman–Crippen LogP) is 11.2. The summed E-state index contributed by atoms with van der Waals surface area (Å²) >= 11 is 0. The van der Waals surface area contributed by atoms with Crippen LogP contribution in [0, 0.1) is 0 Å². The molecule has 8 heterocycles. The van der Waals surface area contributed by atoms with Gasteiger partial charge < -0.3 is 4.74 Å². The van der Waals surface area contributed by atoms with Crippen molar-refractivity contribution in [3.05, 3.63) is 180 Å². The zero-order valence-corrected chi connectivity index (χ0v) is 30.2. The molecular formula is C50H32N4O+2. The molecule has 1 atom stereocenters. The maximum absolute atomic E-state index is 7.21. The van der Waals surface area contributed by atoms with E-state index in [0.29, 0.717) is 0 Å². The average molecular weight is 705 g/mol.